The van der Waals surface area contributed by atoms with E-state index in [1.165, 1.54) is 15.1 Å². The molecule has 0 amide bonds. The highest BCUT2D eigenvalue weighted by Crippen LogP contribution is 2.20. The minimum Gasteiger partial charge on any atom is -0.423 e. The molecule has 0 aliphatic rings. The molecule has 0 spiro atoms. The lowest BCUT2D eigenvalue weighted by molar-refractivity contribution is 0.560. The van der Waals surface area contributed by atoms with Gasteiger partial charge in [0, 0.05) is 35.9 Å². The minimum atomic E-state index is -0.363. The van der Waals surface area contributed by atoms with Crippen LogP contribution >= 0.6 is 0 Å². The molecule has 0 atom stereocenters. The van der Waals surface area contributed by atoms with E-state index in [1.807, 2.05) is 25.1 Å². The summed E-state index contributed by atoms with van der Waals surface area (Å²) < 4.78 is 8.17. The first-order valence-corrected chi connectivity index (χ1v) is 7.94. The summed E-state index contributed by atoms with van der Waals surface area (Å²) >= 11 is 0. The third-order valence-corrected chi connectivity index (χ3v) is 4.09. The van der Waals surface area contributed by atoms with Gasteiger partial charge < -0.3 is 9.73 Å². The van der Waals surface area contributed by atoms with Gasteiger partial charge in [-0.2, -0.15) is 0 Å². The maximum absolute atomic E-state index is 12.2. The van der Waals surface area contributed by atoms with Gasteiger partial charge in [0.05, 0.1) is 6.54 Å². The van der Waals surface area contributed by atoms with E-state index in [0.29, 0.717) is 24.3 Å². The fourth-order valence-electron chi connectivity index (χ4n) is 2.85. The lowest BCUT2D eigenvalue weighted by atomic mass is 10.1. The number of rotatable bonds is 4. The van der Waals surface area contributed by atoms with Gasteiger partial charge in [-0.15, -0.1) is 5.10 Å². The summed E-state index contributed by atoms with van der Waals surface area (Å²) in [4.78, 5) is 23.7. The SMILES string of the molecule is Cc1cc(=O)oc2cc(NCCn3nc4ccccn4c3=O)ccc12. The number of hydrogen-bond acceptors (Lipinski definition) is 5. The van der Waals surface area contributed by atoms with Crippen molar-refractivity contribution in [1.82, 2.24) is 14.2 Å². The van der Waals surface area contributed by atoms with E-state index in [9.17, 15) is 9.59 Å². The highest BCUT2D eigenvalue weighted by molar-refractivity contribution is 5.83. The third kappa shape index (κ3) is 2.80. The Morgan fingerprint density at radius 1 is 1.16 bits per heavy atom. The van der Waals surface area contributed by atoms with Gasteiger partial charge in [-0.3, -0.25) is 4.40 Å². The van der Waals surface area contributed by atoms with Gasteiger partial charge in [0.15, 0.2) is 5.65 Å². The molecular formula is C18H16N4O3. The highest BCUT2D eigenvalue weighted by atomic mass is 16.4. The second-order valence-corrected chi connectivity index (χ2v) is 5.82. The summed E-state index contributed by atoms with van der Waals surface area (Å²) in [6.45, 7) is 2.82. The summed E-state index contributed by atoms with van der Waals surface area (Å²) in [6.07, 6.45) is 1.70. The molecule has 0 aliphatic heterocycles. The smallest absolute Gasteiger partial charge is 0.350 e. The molecule has 7 heteroatoms. The predicted molar refractivity (Wildman–Crippen MR) is 95.2 cm³/mol. The minimum absolute atomic E-state index is 0.169. The van der Waals surface area contributed by atoms with Gasteiger partial charge in [-0.25, -0.2) is 14.3 Å². The maximum atomic E-state index is 12.2. The number of pyridine rings is 1. The average Bonchev–Trinajstić information content (AvgIpc) is 2.91. The fourth-order valence-corrected chi connectivity index (χ4v) is 2.85. The second kappa shape index (κ2) is 5.94. The molecule has 0 saturated carbocycles. The number of fused-ring (bicyclic) bond motifs is 2. The normalized spacial score (nSPS) is 11.2. The molecule has 3 aromatic heterocycles. The van der Waals surface area contributed by atoms with Crippen LogP contribution in [0, 0.1) is 6.92 Å². The first-order chi connectivity index (χ1) is 12.1. The van der Waals surface area contributed by atoms with E-state index in [1.54, 1.807) is 24.4 Å². The van der Waals surface area contributed by atoms with E-state index in [0.717, 1.165) is 16.6 Å². The molecule has 0 bridgehead atoms. The van der Waals surface area contributed by atoms with Crippen LogP contribution in [0.2, 0.25) is 0 Å². The Bertz CT molecular complexity index is 1190. The van der Waals surface area contributed by atoms with Gasteiger partial charge in [-0.1, -0.05) is 6.07 Å². The Kier molecular flexibility index (Phi) is 3.61. The van der Waals surface area contributed by atoms with Crippen molar-refractivity contribution >= 4 is 22.3 Å². The number of nitrogens with one attached hydrogen (secondary N) is 1. The van der Waals surface area contributed by atoms with Crippen molar-refractivity contribution in [2.75, 3.05) is 11.9 Å². The van der Waals surface area contributed by atoms with Crippen LogP contribution in [-0.4, -0.2) is 20.7 Å². The molecule has 1 N–H and O–H groups in total. The van der Waals surface area contributed by atoms with Crippen LogP contribution in [0.4, 0.5) is 5.69 Å². The van der Waals surface area contributed by atoms with E-state index in [2.05, 4.69) is 10.4 Å². The molecule has 126 valence electrons. The third-order valence-electron chi connectivity index (χ3n) is 4.09. The van der Waals surface area contributed by atoms with E-state index in [-0.39, 0.29) is 11.3 Å². The van der Waals surface area contributed by atoms with Crippen LogP contribution < -0.4 is 16.6 Å². The topological polar surface area (TPSA) is 81.5 Å². The second-order valence-electron chi connectivity index (χ2n) is 5.82. The van der Waals surface area contributed by atoms with Crippen molar-refractivity contribution in [3.63, 3.8) is 0 Å². The molecule has 3 heterocycles. The lowest BCUT2D eigenvalue weighted by Gasteiger charge is -2.07. The fraction of sp³-hybridized carbons (Fsp3) is 0.167. The zero-order chi connectivity index (χ0) is 17.4. The van der Waals surface area contributed by atoms with Crippen LogP contribution in [0.25, 0.3) is 16.6 Å². The van der Waals surface area contributed by atoms with E-state index < -0.39 is 0 Å². The zero-order valence-corrected chi connectivity index (χ0v) is 13.6. The molecule has 4 aromatic rings. The molecule has 0 aliphatic carbocycles. The first kappa shape index (κ1) is 15.2. The van der Waals surface area contributed by atoms with E-state index in [4.69, 9.17) is 4.42 Å². The molecule has 4 rings (SSSR count). The zero-order valence-electron chi connectivity index (χ0n) is 13.6. The Morgan fingerprint density at radius 3 is 2.88 bits per heavy atom. The Hall–Kier alpha value is -3.35. The number of aromatic nitrogens is 3. The summed E-state index contributed by atoms with van der Waals surface area (Å²) in [6, 6.07) is 12.5. The number of aryl methyl sites for hydroxylation is 1. The molecule has 1 aromatic carbocycles. The molecule has 0 radical (unpaired) electrons. The summed E-state index contributed by atoms with van der Waals surface area (Å²) in [5.41, 5.74) is 2.33. The van der Waals surface area contributed by atoms with Crippen molar-refractivity contribution in [3.8, 4) is 0 Å². The average molecular weight is 336 g/mol. The van der Waals surface area contributed by atoms with Crippen LogP contribution in [0.5, 0.6) is 0 Å². The summed E-state index contributed by atoms with van der Waals surface area (Å²) in [7, 11) is 0. The molecule has 0 unspecified atom stereocenters. The van der Waals surface area contributed by atoms with Gasteiger partial charge in [-0.05, 0) is 36.8 Å². The highest BCUT2D eigenvalue weighted by Gasteiger charge is 2.06. The summed E-state index contributed by atoms with van der Waals surface area (Å²) in [5.74, 6) is 0. The largest absolute Gasteiger partial charge is 0.423 e. The number of benzene rings is 1. The van der Waals surface area contributed by atoms with Gasteiger partial charge in [0.2, 0.25) is 0 Å². The van der Waals surface area contributed by atoms with E-state index >= 15 is 0 Å². The monoisotopic (exact) mass is 336 g/mol. The quantitative estimate of drug-likeness (QED) is 0.577. The van der Waals surface area contributed by atoms with Gasteiger partial charge >= 0.3 is 11.3 Å². The number of nitrogens with zero attached hydrogens (tertiary/aromatic N) is 3. The van der Waals surface area contributed by atoms with Crippen LogP contribution in [-0.2, 0) is 6.54 Å². The number of hydrogen-bond donors (Lipinski definition) is 1. The molecule has 25 heavy (non-hydrogen) atoms. The summed E-state index contributed by atoms with van der Waals surface area (Å²) in [5, 5.41) is 8.41. The van der Waals surface area contributed by atoms with Crippen LogP contribution in [0.1, 0.15) is 5.56 Å². The van der Waals surface area contributed by atoms with Crippen LogP contribution in [0.15, 0.2) is 62.7 Å². The lowest BCUT2D eigenvalue weighted by Crippen LogP contribution is -2.24. The van der Waals surface area contributed by atoms with Crippen molar-refractivity contribution in [2.24, 2.45) is 0 Å². The standard InChI is InChI=1S/C18H16N4O3/c1-12-10-17(23)25-15-11-13(5-6-14(12)15)19-7-9-22-18(24)21-8-3-2-4-16(21)20-22/h2-6,8,10-11,19H,7,9H2,1H3. The predicted octanol–water partition coefficient (Wildman–Crippen LogP) is 2.02. The Balaban J connectivity index is 1.53. The molecule has 0 saturated heterocycles. The first-order valence-electron chi connectivity index (χ1n) is 7.94. The number of anilines is 1. The Labute approximate surface area is 142 Å². The Morgan fingerprint density at radius 2 is 2.04 bits per heavy atom. The molecule has 0 fully saturated rings. The van der Waals surface area contributed by atoms with Gasteiger partial charge in [0.1, 0.15) is 5.58 Å². The van der Waals surface area contributed by atoms with Crippen molar-refractivity contribution < 1.29 is 4.42 Å². The van der Waals surface area contributed by atoms with Crippen molar-refractivity contribution in [2.45, 2.75) is 13.5 Å². The van der Waals surface area contributed by atoms with Crippen molar-refractivity contribution in [1.29, 1.82) is 0 Å². The molecule has 7 nitrogen and oxygen atoms in total. The maximum Gasteiger partial charge on any atom is 0.350 e. The van der Waals surface area contributed by atoms with Crippen LogP contribution in [0.3, 0.4) is 0 Å². The van der Waals surface area contributed by atoms with Gasteiger partial charge in [0.25, 0.3) is 0 Å². The van der Waals surface area contributed by atoms with Crippen molar-refractivity contribution in [3.05, 3.63) is 75.1 Å². The molecular weight excluding hydrogens is 320 g/mol.